The first kappa shape index (κ1) is 15.4. The van der Waals surface area contributed by atoms with E-state index in [9.17, 15) is 0 Å². The van der Waals surface area contributed by atoms with Crippen molar-refractivity contribution < 1.29 is 0 Å². The monoisotopic (exact) mass is 275 g/mol. The lowest BCUT2D eigenvalue weighted by atomic mass is 10.1. The summed E-state index contributed by atoms with van der Waals surface area (Å²) in [5.74, 6) is 0. The minimum atomic E-state index is 0.567. The normalized spacial score (nSPS) is 11.6. The number of hydrogen-bond donors (Lipinski definition) is 2. The Hall–Kier alpha value is -1.68. The molecule has 0 saturated carbocycles. The first-order valence-electron chi connectivity index (χ1n) is 6.52. The summed E-state index contributed by atoms with van der Waals surface area (Å²) in [6.07, 6.45) is 6.09. The number of allylic oxidation sites excluding steroid dienone is 1. The van der Waals surface area contributed by atoms with Crippen molar-refractivity contribution in [3.05, 3.63) is 41.5 Å². The van der Waals surface area contributed by atoms with Gasteiger partial charge in [-0.25, -0.2) is 0 Å². The number of unbranched alkanes of at least 4 members (excludes halogenated alkanes) is 1. The van der Waals surface area contributed by atoms with Crippen LogP contribution in [0, 0.1) is 0 Å². The Balaban J connectivity index is 2.36. The standard InChI is InChI=1S/C15H21N3S/c1-3-4-10-16-15(19)18-17-12-13(2)11-14-8-6-5-7-9-14/h5-9,11-12H,3-4,10H2,1-2H3,(H2,16,18,19)/b13-11+,17-12+. The number of hydrogen-bond acceptors (Lipinski definition) is 2. The average Bonchev–Trinajstić information content (AvgIpc) is 2.40. The molecule has 1 rings (SSSR count). The van der Waals surface area contributed by atoms with Gasteiger partial charge >= 0.3 is 0 Å². The van der Waals surface area contributed by atoms with Crippen molar-refractivity contribution in [2.24, 2.45) is 5.10 Å². The lowest BCUT2D eigenvalue weighted by Crippen LogP contribution is -2.32. The van der Waals surface area contributed by atoms with Gasteiger partial charge in [-0.3, -0.25) is 5.43 Å². The van der Waals surface area contributed by atoms with Crippen molar-refractivity contribution >= 4 is 29.6 Å². The molecular formula is C15H21N3S. The van der Waals surface area contributed by atoms with Gasteiger partial charge < -0.3 is 5.32 Å². The van der Waals surface area contributed by atoms with Gasteiger partial charge in [-0.2, -0.15) is 5.10 Å². The van der Waals surface area contributed by atoms with E-state index < -0.39 is 0 Å². The zero-order valence-corrected chi connectivity index (χ0v) is 12.3. The van der Waals surface area contributed by atoms with E-state index in [2.05, 4.69) is 41.0 Å². The van der Waals surface area contributed by atoms with Gasteiger partial charge in [0.1, 0.15) is 0 Å². The third-order valence-electron chi connectivity index (χ3n) is 2.44. The number of nitrogens with one attached hydrogen (secondary N) is 2. The van der Waals surface area contributed by atoms with E-state index in [1.807, 2.05) is 25.1 Å². The summed E-state index contributed by atoms with van der Waals surface area (Å²) in [6, 6.07) is 10.1. The Morgan fingerprint density at radius 2 is 2.05 bits per heavy atom. The molecule has 0 spiro atoms. The number of nitrogens with zero attached hydrogens (tertiary/aromatic N) is 1. The van der Waals surface area contributed by atoms with E-state index in [-0.39, 0.29) is 0 Å². The molecule has 1 aromatic carbocycles. The van der Waals surface area contributed by atoms with Gasteiger partial charge in [0.2, 0.25) is 0 Å². The van der Waals surface area contributed by atoms with Crippen LogP contribution >= 0.6 is 12.2 Å². The second kappa shape index (κ2) is 9.28. The summed E-state index contributed by atoms with van der Waals surface area (Å²) in [5, 5.41) is 7.76. The first-order valence-corrected chi connectivity index (χ1v) is 6.93. The molecule has 4 heteroatoms. The van der Waals surface area contributed by atoms with Gasteiger partial charge in [-0.15, -0.1) is 0 Å². The van der Waals surface area contributed by atoms with Crippen molar-refractivity contribution in [3.8, 4) is 0 Å². The first-order chi connectivity index (χ1) is 9.22. The van der Waals surface area contributed by atoms with Gasteiger partial charge in [0.05, 0.1) is 6.21 Å². The van der Waals surface area contributed by atoms with Gasteiger partial charge in [0.25, 0.3) is 0 Å². The molecule has 102 valence electrons. The minimum Gasteiger partial charge on any atom is -0.361 e. The third-order valence-corrected chi connectivity index (χ3v) is 2.68. The fourth-order valence-corrected chi connectivity index (χ4v) is 1.62. The second-order valence-corrected chi connectivity index (χ2v) is 4.69. The molecular weight excluding hydrogens is 254 g/mol. The summed E-state index contributed by atoms with van der Waals surface area (Å²) in [7, 11) is 0. The molecule has 19 heavy (non-hydrogen) atoms. The molecule has 0 atom stereocenters. The minimum absolute atomic E-state index is 0.567. The largest absolute Gasteiger partial charge is 0.361 e. The van der Waals surface area contributed by atoms with Crippen molar-refractivity contribution in [1.82, 2.24) is 10.7 Å². The molecule has 0 saturated heterocycles. The lowest BCUT2D eigenvalue weighted by molar-refractivity contribution is 0.745. The Labute approximate surface area is 120 Å². The quantitative estimate of drug-likeness (QED) is 0.362. The third kappa shape index (κ3) is 7.36. The summed E-state index contributed by atoms with van der Waals surface area (Å²) >= 11 is 5.09. The topological polar surface area (TPSA) is 36.4 Å². The van der Waals surface area contributed by atoms with Crippen molar-refractivity contribution in [2.45, 2.75) is 26.7 Å². The molecule has 0 aliphatic rings. The molecule has 0 amide bonds. The van der Waals surface area contributed by atoms with Crippen LogP contribution in [0.25, 0.3) is 6.08 Å². The fourth-order valence-electron chi connectivity index (χ4n) is 1.46. The van der Waals surface area contributed by atoms with Crippen LogP contribution in [0.4, 0.5) is 0 Å². The maximum Gasteiger partial charge on any atom is 0.186 e. The molecule has 0 radical (unpaired) electrons. The van der Waals surface area contributed by atoms with Crippen molar-refractivity contribution in [2.75, 3.05) is 6.54 Å². The van der Waals surface area contributed by atoms with Crippen molar-refractivity contribution in [1.29, 1.82) is 0 Å². The summed E-state index contributed by atoms with van der Waals surface area (Å²) in [6.45, 7) is 5.04. The Morgan fingerprint density at radius 1 is 1.32 bits per heavy atom. The molecule has 0 aromatic heterocycles. The van der Waals surface area contributed by atoms with E-state index in [1.165, 1.54) is 0 Å². The summed E-state index contributed by atoms with van der Waals surface area (Å²) in [5.41, 5.74) is 5.03. The molecule has 1 aromatic rings. The lowest BCUT2D eigenvalue weighted by Gasteiger charge is -2.05. The number of hydrazone groups is 1. The Morgan fingerprint density at radius 3 is 2.74 bits per heavy atom. The molecule has 0 unspecified atom stereocenters. The van der Waals surface area contributed by atoms with Crippen LogP contribution in [0.1, 0.15) is 32.3 Å². The highest BCUT2D eigenvalue weighted by Crippen LogP contribution is 2.04. The van der Waals surface area contributed by atoms with E-state index in [4.69, 9.17) is 12.2 Å². The van der Waals surface area contributed by atoms with Crippen LogP contribution in [0.15, 0.2) is 41.0 Å². The van der Waals surface area contributed by atoms with E-state index >= 15 is 0 Å². The number of thiocarbonyl (C=S) groups is 1. The predicted molar refractivity (Wildman–Crippen MR) is 87.2 cm³/mol. The van der Waals surface area contributed by atoms with Crippen LogP contribution in [0.5, 0.6) is 0 Å². The molecule has 0 bridgehead atoms. The van der Waals surface area contributed by atoms with Crippen LogP contribution in [-0.4, -0.2) is 17.9 Å². The van der Waals surface area contributed by atoms with Crippen LogP contribution in [0.3, 0.4) is 0 Å². The highest BCUT2D eigenvalue weighted by atomic mass is 32.1. The number of benzene rings is 1. The molecule has 0 heterocycles. The van der Waals surface area contributed by atoms with Crippen LogP contribution < -0.4 is 10.7 Å². The second-order valence-electron chi connectivity index (χ2n) is 4.28. The zero-order chi connectivity index (χ0) is 13.9. The summed E-state index contributed by atoms with van der Waals surface area (Å²) in [4.78, 5) is 0. The van der Waals surface area contributed by atoms with Crippen LogP contribution in [0.2, 0.25) is 0 Å². The fraction of sp³-hybridized carbons (Fsp3) is 0.333. The molecule has 3 nitrogen and oxygen atoms in total. The maximum atomic E-state index is 5.09. The van der Waals surface area contributed by atoms with E-state index in [0.717, 1.165) is 30.5 Å². The maximum absolute atomic E-state index is 5.09. The molecule has 0 aliphatic heterocycles. The van der Waals surface area contributed by atoms with Crippen molar-refractivity contribution in [3.63, 3.8) is 0 Å². The van der Waals surface area contributed by atoms with E-state index in [1.54, 1.807) is 6.21 Å². The highest BCUT2D eigenvalue weighted by molar-refractivity contribution is 7.80. The predicted octanol–water partition coefficient (Wildman–Crippen LogP) is 3.34. The van der Waals surface area contributed by atoms with Gasteiger partial charge in [0.15, 0.2) is 5.11 Å². The Bertz CT molecular complexity index is 438. The van der Waals surface area contributed by atoms with E-state index in [0.29, 0.717) is 5.11 Å². The SMILES string of the molecule is CCCCNC(=S)N/N=C/C(C)=C/c1ccccc1. The highest BCUT2D eigenvalue weighted by Gasteiger charge is 1.91. The van der Waals surface area contributed by atoms with Gasteiger partial charge in [0, 0.05) is 6.54 Å². The Kier molecular flexibility index (Phi) is 7.51. The van der Waals surface area contributed by atoms with Crippen LogP contribution in [-0.2, 0) is 0 Å². The zero-order valence-electron chi connectivity index (χ0n) is 11.5. The average molecular weight is 275 g/mol. The molecule has 0 fully saturated rings. The number of rotatable bonds is 6. The summed E-state index contributed by atoms with van der Waals surface area (Å²) < 4.78 is 0. The molecule has 2 N–H and O–H groups in total. The van der Waals surface area contributed by atoms with Gasteiger partial charge in [-0.1, -0.05) is 49.8 Å². The smallest absolute Gasteiger partial charge is 0.186 e. The van der Waals surface area contributed by atoms with Gasteiger partial charge in [-0.05, 0) is 36.7 Å². The molecule has 0 aliphatic carbocycles.